The Morgan fingerprint density at radius 3 is 2.47 bits per heavy atom. The third-order valence-electron chi connectivity index (χ3n) is 2.86. The third kappa shape index (κ3) is 2.76. The van der Waals surface area contributed by atoms with Gasteiger partial charge in [0.15, 0.2) is 5.78 Å². The number of ketones is 1. The molecule has 15 heavy (non-hydrogen) atoms. The summed E-state index contributed by atoms with van der Waals surface area (Å²) in [5.41, 5.74) is 0. The Kier molecular flexibility index (Phi) is 3.33. The highest BCUT2D eigenvalue weighted by Crippen LogP contribution is 2.06. The largest absolute Gasteiger partial charge is 0.379 e. The first kappa shape index (κ1) is 10.6. The van der Waals surface area contributed by atoms with Crippen LogP contribution in [0.3, 0.4) is 0 Å². The number of hydrogen-bond acceptors (Lipinski definition) is 4. The van der Waals surface area contributed by atoms with Crippen molar-refractivity contribution in [2.75, 3.05) is 45.9 Å². The van der Waals surface area contributed by atoms with Crippen LogP contribution in [0.1, 0.15) is 6.42 Å². The van der Waals surface area contributed by atoms with Crippen molar-refractivity contribution < 1.29 is 14.3 Å². The van der Waals surface area contributed by atoms with Gasteiger partial charge in [0.05, 0.1) is 26.2 Å². The zero-order valence-electron chi connectivity index (χ0n) is 8.78. The molecule has 1 amide bonds. The monoisotopic (exact) mass is 212 g/mol. The Morgan fingerprint density at radius 1 is 1.13 bits per heavy atom. The molecule has 5 nitrogen and oxygen atoms in total. The molecule has 0 aromatic carbocycles. The average Bonchev–Trinajstić information content (AvgIpc) is 2.56. The number of morpholine rings is 1. The molecule has 0 radical (unpaired) electrons. The van der Waals surface area contributed by atoms with Crippen LogP contribution in [0.2, 0.25) is 0 Å². The first-order valence-electron chi connectivity index (χ1n) is 5.35. The normalized spacial score (nSPS) is 23.9. The molecular weight excluding hydrogens is 196 g/mol. The van der Waals surface area contributed by atoms with E-state index in [2.05, 4.69) is 4.90 Å². The van der Waals surface area contributed by atoms with E-state index in [1.165, 1.54) is 0 Å². The molecular formula is C10H16N2O3. The van der Waals surface area contributed by atoms with Gasteiger partial charge in [-0.25, -0.2) is 0 Å². The lowest BCUT2D eigenvalue weighted by atomic mass is 10.3. The highest BCUT2D eigenvalue weighted by molar-refractivity contribution is 6.05. The van der Waals surface area contributed by atoms with Gasteiger partial charge in [0, 0.05) is 26.2 Å². The average molecular weight is 212 g/mol. The summed E-state index contributed by atoms with van der Waals surface area (Å²) in [6.07, 6.45) is 0.100. The van der Waals surface area contributed by atoms with E-state index in [-0.39, 0.29) is 18.1 Å². The standard InChI is InChI=1S/C10H16N2O3/c13-9-7-10(14)12(8-9)2-1-11-3-5-15-6-4-11/h1-8H2. The van der Waals surface area contributed by atoms with Gasteiger partial charge in [0.1, 0.15) is 0 Å². The highest BCUT2D eigenvalue weighted by Gasteiger charge is 2.27. The topological polar surface area (TPSA) is 49.9 Å². The molecule has 2 fully saturated rings. The number of carbonyl (C=O) groups excluding carboxylic acids is 2. The highest BCUT2D eigenvalue weighted by atomic mass is 16.5. The van der Waals surface area contributed by atoms with Crippen molar-refractivity contribution in [2.45, 2.75) is 6.42 Å². The fourth-order valence-corrected chi connectivity index (χ4v) is 1.93. The lowest BCUT2D eigenvalue weighted by molar-refractivity contribution is -0.128. The van der Waals surface area contributed by atoms with Gasteiger partial charge >= 0.3 is 0 Å². The minimum absolute atomic E-state index is 0.0201. The smallest absolute Gasteiger partial charge is 0.230 e. The summed E-state index contributed by atoms with van der Waals surface area (Å²) >= 11 is 0. The number of ether oxygens (including phenoxy) is 1. The van der Waals surface area contributed by atoms with Gasteiger partial charge in [0.25, 0.3) is 0 Å². The van der Waals surface area contributed by atoms with E-state index in [1.54, 1.807) is 4.90 Å². The number of Topliss-reactive ketones (excluding diaryl/α,β-unsaturated/α-hetero) is 1. The molecule has 0 atom stereocenters. The molecule has 2 saturated heterocycles. The van der Waals surface area contributed by atoms with Crippen molar-refractivity contribution >= 4 is 11.7 Å². The van der Waals surface area contributed by atoms with Crippen LogP contribution in [0.25, 0.3) is 0 Å². The molecule has 2 rings (SSSR count). The van der Waals surface area contributed by atoms with E-state index in [1.807, 2.05) is 0 Å². The summed E-state index contributed by atoms with van der Waals surface area (Å²) in [6.45, 7) is 5.22. The van der Waals surface area contributed by atoms with E-state index in [0.717, 1.165) is 32.8 Å². The Hall–Kier alpha value is -0.940. The second-order valence-corrected chi connectivity index (χ2v) is 3.98. The molecule has 0 saturated carbocycles. The zero-order chi connectivity index (χ0) is 10.7. The number of rotatable bonds is 3. The lowest BCUT2D eigenvalue weighted by Crippen LogP contribution is -2.41. The van der Waals surface area contributed by atoms with Crippen molar-refractivity contribution in [3.8, 4) is 0 Å². The van der Waals surface area contributed by atoms with E-state index in [9.17, 15) is 9.59 Å². The maximum atomic E-state index is 11.3. The SMILES string of the molecule is O=C1CC(=O)N(CCN2CCOCC2)C1. The molecule has 0 bridgehead atoms. The van der Waals surface area contributed by atoms with Gasteiger partial charge in [0.2, 0.25) is 5.91 Å². The summed E-state index contributed by atoms with van der Waals surface area (Å²) in [5.74, 6) is 0.0234. The minimum Gasteiger partial charge on any atom is -0.379 e. The minimum atomic E-state index is -0.0201. The van der Waals surface area contributed by atoms with Crippen LogP contribution in [0.5, 0.6) is 0 Å². The number of carbonyl (C=O) groups is 2. The van der Waals surface area contributed by atoms with Crippen molar-refractivity contribution in [3.63, 3.8) is 0 Å². The third-order valence-corrected chi connectivity index (χ3v) is 2.86. The fourth-order valence-electron chi connectivity index (χ4n) is 1.93. The fraction of sp³-hybridized carbons (Fsp3) is 0.800. The van der Waals surface area contributed by atoms with Crippen LogP contribution < -0.4 is 0 Å². The first-order chi connectivity index (χ1) is 7.25. The van der Waals surface area contributed by atoms with Gasteiger partial charge in [-0.2, -0.15) is 0 Å². The molecule has 84 valence electrons. The van der Waals surface area contributed by atoms with Crippen LogP contribution in [-0.2, 0) is 14.3 Å². The molecule has 0 aromatic heterocycles. The molecule has 0 aliphatic carbocycles. The quantitative estimate of drug-likeness (QED) is 0.570. The number of hydrogen-bond donors (Lipinski definition) is 0. The molecule has 5 heteroatoms. The Morgan fingerprint density at radius 2 is 1.87 bits per heavy atom. The Balaban J connectivity index is 1.73. The van der Waals surface area contributed by atoms with Gasteiger partial charge in [-0.3, -0.25) is 14.5 Å². The van der Waals surface area contributed by atoms with Gasteiger partial charge in [-0.15, -0.1) is 0 Å². The van der Waals surface area contributed by atoms with E-state index < -0.39 is 0 Å². The number of likely N-dealkylation sites (tertiary alicyclic amines) is 1. The van der Waals surface area contributed by atoms with Gasteiger partial charge < -0.3 is 9.64 Å². The maximum absolute atomic E-state index is 11.3. The number of nitrogens with zero attached hydrogens (tertiary/aromatic N) is 2. The molecule has 0 N–H and O–H groups in total. The van der Waals surface area contributed by atoms with Crippen LogP contribution in [-0.4, -0.2) is 67.4 Å². The molecule has 2 heterocycles. The molecule has 0 aromatic rings. The molecule has 2 aliphatic rings. The van der Waals surface area contributed by atoms with Crippen molar-refractivity contribution in [2.24, 2.45) is 0 Å². The van der Waals surface area contributed by atoms with Crippen molar-refractivity contribution in [1.29, 1.82) is 0 Å². The predicted octanol–water partition coefficient (Wildman–Crippen LogP) is -0.880. The van der Waals surface area contributed by atoms with Crippen molar-refractivity contribution in [3.05, 3.63) is 0 Å². The predicted molar refractivity (Wildman–Crippen MR) is 53.5 cm³/mol. The summed E-state index contributed by atoms with van der Waals surface area (Å²) in [4.78, 5) is 26.3. The Bertz CT molecular complexity index is 261. The van der Waals surface area contributed by atoms with Crippen LogP contribution in [0.4, 0.5) is 0 Å². The first-order valence-corrected chi connectivity index (χ1v) is 5.35. The van der Waals surface area contributed by atoms with Crippen molar-refractivity contribution in [1.82, 2.24) is 9.80 Å². The zero-order valence-corrected chi connectivity index (χ0v) is 8.78. The summed E-state index contributed by atoms with van der Waals surface area (Å²) < 4.78 is 5.23. The van der Waals surface area contributed by atoms with Crippen LogP contribution >= 0.6 is 0 Å². The van der Waals surface area contributed by atoms with Crippen LogP contribution in [0, 0.1) is 0 Å². The van der Waals surface area contributed by atoms with Gasteiger partial charge in [-0.1, -0.05) is 0 Å². The molecule has 0 spiro atoms. The van der Waals surface area contributed by atoms with E-state index in [0.29, 0.717) is 13.1 Å². The summed E-state index contributed by atoms with van der Waals surface area (Å²) in [5, 5.41) is 0. The second kappa shape index (κ2) is 4.72. The summed E-state index contributed by atoms with van der Waals surface area (Å²) in [7, 11) is 0. The maximum Gasteiger partial charge on any atom is 0.230 e. The molecule has 2 aliphatic heterocycles. The lowest BCUT2D eigenvalue weighted by Gasteiger charge is -2.28. The summed E-state index contributed by atoms with van der Waals surface area (Å²) in [6, 6.07) is 0. The Labute approximate surface area is 89.0 Å². The van der Waals surface area contributed by atoms with Gasteiger partial charge in [-0.05, 0) is 0 Å². The van der Waals surface area contributed by atoms with Crippen LogP contribution in [0.15, 0.2) is 0 Å². The van der Waals surface area contributed by atoms with E-state index >= 15 is 0 Å². The van der Waals surface area contributed by atoms with E-state index in [4.69, 9.17) is 4.74 Å². The second-order valence-electron chi connectivity index (χ2n) is 3.98. The number of amides is 1. The molecule has 0 unspecified atom stereocenters.